The van der Waals surface area contributed by atoms with Crippen molar-refractivity contribution in [3.8, 4) is 0 Å². The molecule has 1 N–H and O–H groups in total. The van der Waals surface area contributed by atoms with Crippen LogP contribution in [0.25, 0.3) is 10.8 Å². The molecule has 3 aromatic rings. The van der Waals surface area contributed by atoms with Gasteiger partial charge in [-0.15, -0.1) is 0 Å². The summed E-state index contributed by atoms with van der Waals surface area (Å²) in [5.74, 6) is 0. The third-order valence-corrected chi connectivity index (χ3v) is 5.55. The predicted molar refractivity (Wildman–Crippen MR) is 95.8 cm³/mol. The quantitative estimate of drug-likeness (QED) is 0.556. The Morgan fingerprint density at radius 2 is 1.60 bits per heavy atom. The first kappa shape index (κ1) is 17.1. The van der Waals surface area contributed by atoms with Gasteiger partial charge in [0.2, 0.25) is 10.0 Å². The molecule has 0 spiro atoms. The van der Waals surface area contributed by atoms with Crippen molar-refractivity contribution in [3.63, 3.8) is 0 Å². The van der Waals surface area contributed by atoms with Crippen molar-refractivity contribution >= 4 is 26.5 Å². The van der Waals surface area contributed by atoms with Crippen molar-refractivity contribution in [1.29, 1.82) is 0 Å². The number of nitro benzene ring substituents is 1. The molecule has 0 aliphatic heterocycles. The van der Waals surface area contributed by atoms with Gasteiger partial charge in [-0.3, -0.25) is 10.1 Å². The van der Waals surface area contributed by atoms with Gasteiger partial charge in [0.1, 0.15) is 0 Å². The fraction of sp³-hybridized carbons (Fsp3) is 0.111. The van der Waals surface area contributed by atoms with Gasteiger partial charge in [0.15, 0.2) is 4.90 Å². The minimum atomic E-state index is -4.03. The van der Waals surface area contributed by atoms with Crippen LogP contribution in [0.15, 0.2) is 71.6 Å². The first-order valence-electron chi connectivity index (χ1n) is 7.63. The number of hydrogen-bond donors (Lipinski definition) is 1. The Bertz CT molecular complexity index is 1050. The summed E-state index contributed by atoms with van der Waals surface area (Å²) in [6, 6.07) is 18.2. The molecule has 0 saturated heterocycles. The first-order chi connectivity index (χ1) is 11.9. The van der Waals surface area contributed by atoms with E-state index in [4.69, 9.17) is 0 Å². The molecule has 7 heteroatoms. The Morgan fingerprint density at radius 1 is 0.960 bits per heavy atom. The molecular weight excluding hydrogens is 340 g/mol. The molecule has 6 nitrogen and oxygen atoms in total. The maximum absolute atomic E-state index is 12.6. The fourth-order valence-electron chi connectivity index (χ4n) is 2.68. The van der Waals surface area contributed by atoms with E-state index in [0.29, 0.717) is 0 Å². The van der Waals surface area contributed by atoms with Gasteiger partial charge < -0.3 is 0 Å². The van der Waals surface area contributed by atoms with Crippen molar-refractivity contribution in [3.05, 3.63) is 82.4 Å². The standard InChI is InChI=1S/C18H16N2O4S/c1-13(15-11-10-14-6-2-3-7-16(14)12-15)19-25(23,24)18-9-5-4-8-17(18)20(21)22/h2-13,19H,1H3/t13-/m1/s1. The number of nitrogens with one attached hydrogen (secondary N) is 1. The number of nitro groups is 1. The monoisotopic (exact) mass is 356 g/mol. The minimum absolute atomic E-state index is 0.340. The lowest BCUT2D eigenvalue weighted by Crippen LogP contribution is -2.27. The lowest BCUT2D eigenvalue weighted by molar-refractivity contribution is -0.387. The van der Waals surface area contributed by atoms with Crippen molar-refractivity contribution in [2.45, 2.75) is 17.9 Å². The predicted octanol–water partition coefficient (Wildman–Crippen LogP) is 3.79. The molecule has 0 fully saturated rings. The van der Waals surface area contributed by atoms with Crippen molar-refractivity contribution in [2.75, 3.05) is 0 Å². The molecule has 0 aromatic heterocycles. The number of nitrogens with zero attached hydrogens (tertiary/aromatic N) is 1. The summed E-state index contributed by atoms with van der Waals surface area (Å²) in [7, 11) is -4.03. The van der Waals surface area contributed by atoms with E-state index in [1.165, 1.54) is 24.3 Å². The zero-order valence-corrected chi connectivity index (χ0v) is 14.2. The lowest BCUT2D eigenvalue weighted by Gasteiger charge is -2.15. The highest BCUT2D eigenvalue weighted by atomic mass is 32.2. The normalized spacial score (nSPS) is 12.8. The Labute approximate surface area is 145 Å². The van der Waals surface area contributed by atoms with Crippen LogP contribution in [0.1, 0.15) is 18.5 Å². The third-order valence-electron chi connectivity index (χ3n) is 3.96. The number of sulfonamides is 1. The largest absolute Gasteiger partial charge is 0.289 e. The summed E-state index contributed by atoms with van der Waals surface area (Å²) in [6.45, 7) is 1.70. The summed E-state index contributed by atoms with van der Waals surface area (Å²) >= 11 is 0. The van der Waals surface area contributed by atoms with E-state index < -0.39 is 26.7 Å². The van der Waals surface area contributed by atoms with E-state index in [1.807, 2.05) is 42.5 Å². The van der Waals surface area contributed by atoms with Crippen molar-refractivity contribution in [2.24, 2.45) is 0 Å². The molecule has 0 heterocycles. The van der Waals surface area contributed by atoms with Crippen LogP contribution in [0.5, 0.6) is 0 Å². The molecule has 0 amide bonds. The summed E-state index contributed by atoms with van der Waals surface area (Å²) in [4.78, 5) is 10.0. The molecule has 128 valence electrons. The van der Waals surface area contributed by atoms with Crippen LogP contribution in [0.3, 0.4) is 0 Å². The Hall–Kier alpha value is -2.77. The van der Waals surface area contributed by atoms with Gasteiger partial charge in [-0.1, -0.05) is 48.5 Å². The maximum Gasteiger partial charge on any atom is 0.289 e. The zero-order valence-electron chi connectivity index (χ0n) is 13.4. The zero-order chi connectivity index (χ0) is 18.0. The van der Waals surface area contributed by atoms with Crippen molar-refractivity contribution < 1.29 is 13.3 Å². The van der Waals surface area contributed by atoms with E-state index in [9.17, 15) is 18.5 Å². The number of benzene rings is 3. The smallest absolute Gasteiger partial charge is 0.258 e. The Morgan fingerprint density at radius 3 is 2.32 bits per heavy atom. The molecule has 3 rings (SSSR count). The molecule has 0 radical (unpaired) electrons. The highest BCUT2D eigenvalue weighted by Gasteiger charge is 2.26. The molecule has 0 bridgehead atoms. The average molecular weight is 356 g/mol. The number of rotatable bonds is 5. The molecular formula is C18H16N2O4S. The molecule has 0 aliphatic rings. The SMILES string of the molecule is C[C@@H](NS(=O)(=O)c1ccccc1[N+](=O)[O-])c1ccc2ccccc2c1. The molecule has 0 unspecified atom stereocenters. The van der Waals surface area contributed by atoms with Crippen LogP contribution in [0.2, 0.25) is 0 Å². The molecule has 3 aromatic carbocycles. The van der Waals surface area contributed by atoms with Crippen LogP contribution < -0.4 is 4.72 Å². The summed E-state index contributed by atoms with van der Waals surface area (Å²) in [5.41, 5.74) is 0.335. The average Bonchev–Trinajstić information content (AvgIpc) is 2.61. The fourth-order valence-corrected chi connectivity index (χ4v) is 4.08. The van der Waals surface area contributed by atoms with Crippen LogP contribution >= 0.6 is 0 Å². The molecule has 1 atom stereocenters. The lowest BCUT2D eigenvalue weighted by atomic mass is 10.0. The van der Waals surface area contributed by atoms with Crippen LogP contribution in [-0.4, -0.2) is 13.3 Å². The maximum atomic E-state index is 12.6. The van der Waals surface area contributed by atoms with Crippen LogP contribution in [-0.2, 0) is 10.0 Å². The second kappa shape index (κ2) is 6.62. The minimum Gasteiger partial charge on any atom is -0.258 e. The summed E-state index contributed by atoms with van der Waals surface area (Å²) in [5, 5.41) is 13.1. The van der Waals surface area contributed by atoms with E-state index in [0.717, 1.165) is 16.3 Å². The van der Waals surface area contributed by atoms with E-state index >= 15 is 0 Å². The second-order valence-electron chi connectivity index (χ2n) is 5.67. The number of hydrogen-bond acceptors (Lipinski definition) is 4. The first-order valence-corrected chi connectivity index (χ1v) is 9.11. The molecule has 0 saturated carbocycles. The van der Waals surface area contributed by atoms with Crippen molar-refractivity contribution in [1.82, 2.24) is 4.72 Å². The highest BCUT2D eigenvalue weighted by Crippen LogP contribution is 2.26. The summed E-state index contributed by atoms with van der Waals surface area (Å²) in [6.07, 6.45) is 0. The Kier molecular flexibility index (Phi) is 4.52. The highest BCUT2D eigenvalue weighted by molar-refractivity contribution is 7.89. The number of para-hydroxylation sites is 1. The van der Waals surface area contributed by atoms with E-state index in [1.54, 1.807) is 6.92 Å². The Balaban J connectivity index is 1.93. The van der Waals surface area contributed by atoms with Gasteiger partial charge in [0, 0.05) is 12.1 Å². The third kappa shape index (κ3) is 3.52. The molecule has 0 aliphatic carbocycles. The van der Waals surface area contributed by atoms with Gasteiger partial charge in [0.25, 0.3) is 5.69 Å². The van der Waals surface area contributed by atoms with Gasteiger partial charge in [-0.25, -0.2) is 13.1 Å². The van der Waals surface area contributed by atoms with Gasteiger partial charge in [0.05, 0.1) is 4.92 Å². The van der Waals surface area contributed by atoms with Crippen LogP contribution in [0, 0.1) is 10.1 Å². The second-order valence-corrected chi connectivity index (χ2v) is 7.36. The van der Waals surface area contributed by atoms with Crippen LogP contribution in [0.4, 0.5) is 5.69 Å². The van der Waals surface area contributed by atoms with E-state index in [-0.39, 0.29) is 4.90 Å². The van der Waals surface area contributed by atoms with Gasteiger partial charge in [-0.05, 0) is 35.4 Å². The van der Waals surface area contributed by atoms with Gasteiger partial charge >= 0.3 is 0 Å². The number of fused-ring (bicyclic) bond motifs is 1. The summed E-state index contributed by atoms with van der Waals surface area (Å²) < 4.78 is 27.7. The topological polar surface area (TPSA) is 89.3 Å². The van der Waals surface area contributed by atoms with E-state index in [2.05, 4.69) is 4.72 Å². The van der Waals surface area contributed by atoms with Gasteiger partial charge in [-0.2, -0.15) is 0 Å². The molecule has 25 heavy (non-hydrogen) atoms.